The summed E-state index contributed by atoms with van der Waals surface area (Å²) in [7, 11) is 0. The highest BCUT2D eigenvalue weighted by molar-refractivity contribution is 7.17. The molecular weight excluding hydrogens is 350 g/mol. The van der Waals surface area contributed by atoms with Gasteiger partial charge < -0.3 is 10.5 Å². The Morgan fingerprint density at radius 2 is 2.08 bits per heavy atom. The van der Waals surface area contributed by atoms with Gasteiger partial charge in [0.15, 0.2) is 5.82 Å². The Balaban J connectivity index is 1.91. The average Bonchev–Trinajstić information content (AvgIpc) is 3.26. The molecule has 0 aliphatic rings. The van der Waals surface area contributed by atoms with Crippen LogP contribution in [0.5, 0.6) is 0 Å². The molecule has 4 rings (SSSR count). The minimum absolute atomic E-state index is 0.189. The van der Waals surface area contributed by atoms with Crippen molar-refractivity contribution >= 4 is 33.3 Å². The number of nitrogens with zero attached hydrogens (tertiary/aromatic N) is 4. The molecule has 0 unspecified atom stereocenters. The van der Waals surface area contributed by atoms with Crippen molar-refractivity contribution in [1.29, 1.82) is 0 Å². The lowest BCUT2D eigenvalue weighted by atomic mass is 10.1. The summed E-state index contributed by atoms with van der Waals surface area (Å²) in [6, 6.07) is 9.96. The number of carbonyl (C=O) groups is 1. The first kappa shape index (κ1) is 16.2. The number of hydrogen-bond acceptors (Lipinski definition) is 7. The van der Waals surface area contributed by atoms with E-state index in [1.54, 1.807) is 6.92 Å². The molecule has 4 aromatic rings. The van der Waals surface area contributed by atoms with E-state index in [9.17, 15) is 4.79 Å². The van der Waals surface area contributed by atoms with Gasteiger partial charge in [0.25, 0.3) is 0 Å². The van der Waals surface area contributed by atoms with Gasteiger partial charge in [-0.15, -0.1) is 11.3 Å². The summed E-state index contributed by atoms with van der Waals surface area (Å²) in [4.78, 5) is 21.6. The molecule has 2 N–H and O–H groups in total. The molecule has 0 aliphatic carbocycles. The van der Waals surface area contributed by atoms with Gasteiger partial charge in [0.2, 0.25) is 0 Å². The van der Waals surface area contributed by atoms with Crippen LogP contribution < -0.4 is 5.73 Å². The fraction of sp³-hybridized carbons (Fsp3) is 0.111. The third-order valence-electron chi connectivity index (χ3n) is 3.94. The molecule has 1 aromatic carbocycles. The largest absolute Gasteiger partial charge is 0.462 e. The maximum atomic E-state index is 12.0. The number of esters is 1. The molecule has 3 aromatic heterocycles. The highest BCUT2D eigenvalue weighted by atomic mass is 32.1. The first-order valence-electron chi connectivity index (χ1n) is 7.99. The number of nitrogens with two attached hydrogens (primary N) is 1. The van der Waals surface area contributed by atoms with E-state index >= 15 is 0 Å². The summed E-state index contributed by atoms with van der Waals surface area (Å²) >= 11 is 1.52. The number of hydrogen-bond donors (Lipinski definition) is 1. The average molecular weight is 365 g/mol. The Hall–Kier alpha value is -3.26. The van der Waals surface area contributed by atoms with Crippen LogP contribution in [0.4, 0.5) is 5.82 Å². The molecule has 3 heterocycles. The topological polar surface area (TPSA) is 95.9 Å². The fourth-order valence-electron chi connectivity index (χ4n) is 2.74. The third-order valence-corrected chi connectivity index (χ3v) is 4.82. The number of nitrogen functional groups attached to an aromatic ring is 1. The maximum Gasteiger partial charge on any atom is 0.343 e. The second kappa shape index (κ2) is 6.57. The van der Waals surface area contributed by atoms with E-state index in [-0.39, 0.29) is 18.0 Å². The van der Waals surface area contributed by atoms with Crippen LogP contribution in [-0.4, -0.2) is 32.3 Å². The number of carbonyl (C=O) groups excluding carboxylic acids is 1. The number of ether oxygens (including phenoxy) is 1. The zero-order chi connectivity index (χ0) is 18.1. The predicted octanol–water partition coefficient (Wildman–Crippen LogP) is 3.30. The van der Waals surface area contributed by atoms with Crippen LogP contribution in [0, 0.1) is 0 Å². The van der Waals surface area contributed by atoms with Crippen molar-refractivity contribution in [2.24, 2.45) is 0 Å². The van der Waals surface area contributed by atoms with E-state index < -0.39 is 5.97 Å². The lowest BCUT2D eigenvalue weighted by Gasteiger charge is -2.07. The second-order valence-corrected chi connectivity index (χ2v) is 6.33. The Kier molecular flexibility index (Phi) is 4.10. The van der Waals surface area contributed by atoms with E-state index in [0.717, 1.165) is 21.3 Å². The third kappa shape index (κ3) is 2.60. The van der Waals surface area contributed by atoms with Crippen molar-refractivity contribution in [3.05, 3.63) is 53.8 Å². The molecule has 0 saturated heterocycles. The number of anilines is 1. The van der Waals surface area contributed by atoms with E-state index in [4.69, 9.17) is 10.5 Å². The summed E-state index contributed by atoms with van der Waals surface area (Å²) in [5.41, 5.74) is 8.42. The molecule has 0 saturated carbocycles. The van der Waals surface area contributed by atoms with Gasteiger partial charge in [-0.1, -0.05) is 30.3 Å². The van der Waals surface area contributed by atoms with Crippen LogP contribution in [-0.2, 0) is 4.74 Å². The van der Waals surface area contributed by atoms with Gasteiger partial charge in [-0.3, -0.25) is 0 Å². The lowest BCUT2D eigenvalue weighted by molar-refractivity contribution is 0.0527. The molecule has 0 fully saturated rings. The highest BCUT2D eigenvalue weighted by Crippen LogP contribution is 2.36. The number of benzene rings is 1. The first-order chi connectivity index (χ1) is 12.7. The Morgan fingerprint density at radius 3 is 2.85 bits per heavy atom. The molecule has 130 valence electrons. The predicted molar refractivity (Wildman–Crippen MR) is 100 cm³/mol. The van der Waals surface area contributed by atoms with Gasteiger partial charge in [-0.2, -0.15) is 9.78 Å². The second-order valence-electron chi connectivity index (χ2n) is 5.47. The Labute approximate surface area is 153 Å². The molecular formula is C18H15N5O2S. The van der Waals surface area contributed by atoms with Gasteiger partial charge in [0.05, 0.1) is 18.2 Å². The summed E-state index contributed by atoms with van der Waals surface area (Å²) in [5, 5.41) is 7.13. The molecule has 26 heavy (non-hydrogen) atoms. The summed E-state index contributed by atoms with van der Waals surface area (Å²) in [6.45, 7) is 2.01. The molecule has 0 amide bonds. The standard InChI is InChI=1S/C18H15N5O2S/c1-2-25-18(24)12-8-22-23(15(12)19)16-14-13(11-6-4-3-5-7-11)9-26-17(14)21-10-20-16/h3-10H,2,19H2,1H3. The number of aromatic nitrogens is 4. The fourth-order valence-corrected chi connectivity index (χ4v) is 3.65. The molecule has 7 nitrogen and oxygen atoms in total. The summed E-state index contributed by atoms with van der Waals surface area (Å²) in [5.74, 6) is 0.215. The summed E-state index contributed by atoms with van der Waals surface area (Å²) in [6.07, 6.45) is 2.87. The van der Waals surface area contributed by atoms with Crippen molar-refractivity contribution in [3.8, 4) is 16.9 Å². The van der Waals surface area contributed by atoms with Crippen LogP contribution in [0.2, 0.25) is 0 Å². The maximum absolute atomic E-state index is 12.0. The Morgan fingerprint density at radius 1 is 1.27 bits per heavy atom. The SMILES string of the molecule is CCOC(=O)c1cnn(-c2ncnc3scc(-c4ccccc4)c23)c1N. The molecule has 0 aliphatic heterocycles. The number of fused-ring (bicyclic) bond motifs is 1. The number of thiophene rings is 1. The minimum atomic E-state index is -0.504. The zero-order valence-electron chi connectivity index (χ0n) is 13.9. The van der Waals surface area contributed by atoms with E-state index in [1.165, 1.54) is 28.5 Å². The van der Waals surface area contributed by atoms with Gasteiger partial charge in [0, 0.05) is 10.9 Å². The van der Waals surface area contributed by atoms with Crippen molar-refractivity contribution in [2.45, 2.75) is 6.92 Å². The van der Waals surface area contributed by atoms with Crippen molar-refractivity contribution in [1.82, 2.24) is 19.7 Å². The quantitative estimate of drug-likeness (QED) is 0.558. The van der Waals surface area contributed by atoms with Gasteiger partial charge >= 0.3 is 5.97 Å². The summed E-state index contributed by atoms with van der Waals surface area (Å²) < 4.78 is 6.47. The van der Waals surface area contributed by atoms with Crippen LogP contribution in [0.25, 0.3) is 27.2 Å². The molecule has 0 atom stereocenters. The molecule has 0 bridgehead atoms. The van der Waals surface area contributed by atoms with Crippen molar-refractivity contribution in [2.75, 3.05) is 12.3 Å². The lowest BCUT2D eigenvalue weighted by Crippen LogP contribution is -2.10. The van der Waals surface area contributed by atoms with Crippen molar-refractivity contribution < 1.29 is 9.53 Å². The van der Waals surface area contributed by atoms with Crippen LogP contribution in [0.3, 0.4) is 0 Å². The van der Waals surface area contributed by atoms with Gasteiger partial charge in [-0.05, 0) is 12.5 Å². The van der Waals surface area contributed by atoms with Crippen LogP contribution in [0.15, 0.2) is 48.2 Å². The number of rotatable bonds is 4. The van der Waals surface area contributed by atoms with E-state index in [1.807, 2.05) is 35.7 Å². The smallest absolute Gasteiger partial charge is 0.343 e. The first-order valence-corrected chi connectivity index (χ1v) is 8.87. The van der Waals surface area contributed by atoms with Gasteiger partial charge in [-0.25, -0.2) is 14.8 Å². The van der Waals surface area contributed by atoms with Crippen molar-refractivity contribution in [3.63, 3.8) is 0 Å². The molecule has 8 heteroatoms. The highest BCUT2D eigenvalue weighted by Gasteiger charge is 2.21. The minimum Gasteiger partial charge on any atom is -0.462 e. The molecule has 0 spiro atoms. The molecule has 0 radical (unpaired) electrons. The van der Waals surface area contributed by atoms with E-state index in [0.29, 0.717) is 5.82 Å². The van der Waals surface area contributed by atoms with Crippen LogP contribution >= 0.6 is 11.3 Å². The normalized spacial score (nSPS) is 11.0. The van der Waals surface area contributed by atoms with Crippen LogP contribution in [0.1, 0.15) is 17.3 Å². The Bertz CT molecular complexity index is 1090. The zero-order valence-corrected chi connectivity index (χ0v) is 14.7. The monoisotopic (exact) mass is 365 g/mol. The van der Waals surface area contributed by atoms with Gasteiger partial charge in [0.1, 0.15) is 22.5 Å². The van der Waals surface area contributed by atoms with E-state index in [2.05, 4.69) is 15.1 Å².